The monoisotopic (exact) mass is 328 g/mol. The van der Waals surface area contributed by atoms with Gasteiger partial charge in [-0.15, -0.1) is 11.3 Å². The van der Waals surface area contributed by atoms with Gasteiger partial charge in [-0.25, -0.2) is 0 Å². The van der Waals surface area contributed by atoms with Gasteiger partial charge in [0.15, 0.2) is 0 Å². The lowest BCUT2D eigenvalue weighted by molar-refractivity contribution is 0.263. The van der Waals surface area contributed by atoms with Crippen molar-refractivity contribution in [1.29, 1.82) is 0 Å². The SMILES string of the molecule is c1cc2sc3ccc(OCC4CO4)cc3c2cc1OCC1CO1. The molecule has 2 unspecified atom stereocenters. The van der Waals surface area contributed by atoms with Gasteiger partial charge in [-0.3, -0.25) is 0 Å². The molecule has 0 spiro atoms. The Morgan fingerprint density at radius 1 is 0.826 bits per heavy atom. The van der Waals surface area contributed by atoms with Crippen LogP contribution < -0.4 is 9.47 Å². The van der Waals surface area contributed by atoms with E-state index in [0.717, 1.165) is 24.7 Å². The molecule has 4 nitrogen and oxygen atoms in total. The largest absolute Gasteiger partial charge is 0.491 e. The van der Waals surface area contributed by atoms with E-state index in [2.05, 4.69) is 24.3 Å². The summed E-state index contributed by atoms with van der Waals surface area (Å²) in [5.41, 5.74) is 0. The molecule has 2 atom stereocenters. The molecule has 0 amide bonds. The van der Waals surface area contributed by atoms with Crippen molar-refractivity contribution in [2.75, 3.05) is 26.4 Å². The van der Waals surface area contributed by atoms with Crippen molar-refractivity contribution in [2.45, 2.75) is 12.2 Å². The zero-order valence-corrected chi connectivity index (χ0v) is 13.3. The maximum absolute atomic E-state index is 5.81. The van der Waals surface area contributed by atoms with Gasteiger partial charge in [-0.2, -0.15) is 0 Å². The van der Waals surface area contributed by atoms with Crippen LogP contribution in [0.5, 0.6) is 11.5 Å². The first-order valence-electron chi connectivity index (χ1n) is 7.80. The Bertz CT molecular complexity index is 794. The normalized spacial score (nSPS) is 22.4. The van der Waals surface area contributed by atoms with E-state index in [4.69, 9.17) is 18.9 Å². The summed E-state index contributed by atoms with van der Waals surface area (Å²) in [6.45, 7) is 2.89. The zero-order valence-electron chi connectivity index (χ0n) is 12.5. The van der Waals surface area contributed by atoms with Gasteiger partial charge in [0.25, 0.3) is 0 Å². The zero-order chi connectivity index (χ0) is 15.2. The van der Waals surface area contributed by atoms with Gasteiger partial charge in [0, 0.05) is 20.2 Å². The van der Waals surface area contributed by atoms with E-state index in [1.54, 1.807) is 11.3 Å². The summed E-state index contributed by atoms with van der Waals surface area (Å²) >= 11 is 1.79. The molecular weight excluding hydrogens is 312 g/mol. The second-order valence-corrected chi connectivity index (χ2v) is 7.03. The smallest absolute Gasteiger partial charge is 0.120 e. The maximum atomic E-state index is 5.81. The number of rotatable bonds is 6. The van der Waals surface area contributed by atoms with Crippen molar-refractivity contribution in [3.8, 4) is 11.5 Å². The Balaban J connectivity index is 1.47. The average Bonchev–Trinajstić information content (AvgIpc) is 3.48. The summed E-state index contributed by atoms with van der Waals surface area (Å²) in [6.07, 6.45) is 0.545. The van der Waals surface area contributed by atoms with Gasteiger partial charge in [0.1, 0.15) is 36.9 Å². The minimum Gasteiger partial charge on any atom is -0.491 e. The van der Waals surface area contributed by atoms with E-state index >= 15 is 0 Å². The van der Waals surface area contributed by atoms with Gasteiger partial charge in [0.2, 0.25) is 0 Å². The van der Waals surface area contributed by atoms with Crippen molar-refractivity contribution in [1.82, 2.24) is 0 Å². The molecule has 118 valence electrons. The van der Waals surface area contributed by atoms with Crippen LogP contribution in [-0.4, -0.2) is 38.6 Å². The predicted molar refractivity (Wildman–Crippen MR) is 89.8 cm³/mol. The maximum Gasteiger partial charge on any atom is 0.120 e. The Hall–Kier alpha value is -1.82. The van der Waals surface area contributed by atoms with Crippen LogP contribution in [0.4, 0.5) is 0 Å². The van der Waals surface area contributed by atoms with E-state index in [9.17, 15) is 0 Å². The molecular formula is C18H16O4S. The number of benzene rings is 2. The van der Waals surface area contributed by atoms with Gasteiger partial charge >= 0.3 is 0 Å². The van der Waals surface area contributed by atoms with Crippen LogP contribution in [0.15, 0.2) is 36.4 Å². The summed E-state index contributed by atoms with van der Waals surface area (Å²) in [7, 11) is 0. The predicted octanol–water partition coefficient (Wildman–Crippen LogP) is 3.61. The molecule has 0 radical (unpaired) electrons. The highest BCUT2D eigenvalue weighted by molar-refractivity contribution is 7.25. The molecule has 2 aliphatic heterocycles. The Morgan fingerprint density at radius 2 is 1.30 bits per heavy atom. The molecule has 0 aliphatic carbocycles. The fraction of sp³-hybridized carbons (Fsp3) is 0.333. The van der Waals surface area contributed by atoms with Crippen molar-refractivity contribution in [3.63, 3.8) is 0 Å². The van der Waals surface area contributed by atoms with Crippen molar-refractivity contribution in [3.05, 3.63) is 36.4 Å². The number of thiophene rings is 1. The Morgan fingerprint density at radius 3 is 1.74 bits per heavy atom. The topological polar surface area (TPSA) is 43.5 Å². The van der Waals surface area contributed by atoms with Gasteiger partial charge in [-0.05, 0) is 36.4 Å². The fourth-order valence-electron chi connectivity index (χ4n) is 2.62. The van der Waals surface area contributed by atoms with E-state index in [1.165, 1.54) is 20.2 Å². The molecule has 23 heavy (non-hydrogen) atoms. The molecule has 5 heteroatoms. The van der Waals surface area contributed by atoms with Gasteiger partial charge in [-0.1, -0.05) is 0 Å². The molecule has 1 aromatic heterocycles. The van der Waals surface area contributed by atoms with Crippen molar-refractivity contribution >= 4 is 31.5 Å². The minimum atomic E-state index is 0.273. The summed E-state index contributed by atoms with van der Waals surface area (Å²) in [4.78, 5) is 0. The van der Waals surface area contributed by atoms with E-state index < -0.39 is 0 Å². The average molecular weight is 328 g/mol. The standard InChI is InChI=1S/C18H16O4S/c1-3-17-15(5-11(1)19-7-13-9-21-13)16-6-12(2-4-18(16)23-17)20-8-14-10-22-14/h1-6,13-14H,7-10H2. The van der Waals surface area contributed by atoms with Crippen LogP contribution in [0.3, 0.4) is 0 Å². The van der Waals surface area contributed by atoms with Crippen LogP contribution in [0.25, 0.3) is 20.2 Å². The Kier molecular flexibility index (Phi) is 3.18. The van der Waals surface area contributed by atoms with Crippen molar-refractivity contribution in [2.24, 2.45) is 0 Å². The molecule has 5 rings (SSSR count). The highest BCUT2D eigenvalue weighted by atomic mass is 32.1. The summed E-state index contributed by atoms with van der Waals surface area (Å²) < 4.78 is 24.5. The lowest BCUT2D eigenvalue weighted by Gasteiger charge is -2.05. The molecule has 0 saturated carbocycles. The first-order valence-corrected chi connectivity index (χ1v) is 8.62. The Labute approximate surface area is 137 Å². The lowest BCUT2D eigenvalue weighted by atomic mass is 10.1. The van der Waals surface area contributed by atoms with Crippen LogP contribution in [0, 0.1) is 0 Å². The highest BCUT2D eigenvalue weighted by Crippen LogP contribution is 2.37. The first-order chi connectivity index (χ1) is 11.3. The molecule has 0 bridgehead atoms. The minimum absolute atomic E-state index is 0.273. The van der Waals surface area contributed by atoms with E-state index in [-0.39, 0.29) is 12.2 Å². The number of fused-ring (bicyclic) bond motifs is 3. The first kappa shape index (κ1) is 13.6. The molecule has 3 heterocycles. The lowest BCUT2D eigenvalue weighted by Crippen LogP contribution is -2.03. The molecule has 3 aromatic rings. The fourth-order valence-corrected chi connectivity index (χ4v) is 3.69. The number of hydrogen-bond acceptors (Lipinski definition) is 5. The van der Waals surface area contributed by atoms with Crippen molar-refractivity contribution < 1.29 is 18.9 Å². The molecule has 2 fully saturated rings. The van der Waals surface area contributed by atoms with Crippen LogP contribution >= 0.6 is 11.3 Å². The van der Waals surface area contributed by atoms with Gasteiger partial charge in [0.05, 0.1) is 13.2 Å². The summed E-state index contributed by atoms with van der Waals surface area (Å²) in [6, 6.07) is 12.5. The second-order valence-electron chi connectivity index (χ2n) is 5.95. The van der Waals surface area contributed by atoms with E-state index in [0.29, 0.717) is 13.2 Å². The van der Waals surface area contributed by atoms with Crippen LogP contribution in [-0.2, 0) is 9.47 Å². The third-order valence-corrected chi connectivity index (χ3v) is 5.24. The van der Waals surface area contributed by atoms with Gasteiger partial charge < -0.3 is 18.9 Å². The molecule has 2 saturated heterocycles. The number of hydrogen-bond donors (Lipinski definition) is 0. The summed E-state index contributed by atoms with van der Waals surface area (Å²) in [5.74, 6) is 1.79. The number of ether oxygens (including phenoxy) is 4. The van der Waals surface area contributed by atoms with E-state index in [1.807, 2.05) is 12.1 Å². The second kappa shape index (κ2) is 5.37. The molecule has 2 aromatic carbocycles. The third kappa shape index (κ3) is 2.87. The van der Waals surface area contributed by atoms with Crippen LogP contribution in [0.1, 0.15) is 0 Å². The third-order valence-electron chi connectivity index (χ3n) is 4.09. The number of epoxide rings is 2. The van der Waals surface area contributed by atoms with Crippen LogP contribution in [0.2, 0.25) is 0 Å². The quantitative estimate of drug-likeness (QED) is 0.648. The molecule has 2 aliphatic rings. The summed E-state index contributed by atoms with van der Waals surface area (Å²) in [5, 5.41) is 2.43. The highest BCUT2D eigenvalue weighted by Gasteiger charge is 2.24. The molecule has 0 N–H and O–H groups in total.